The van der Waals surface area contributed by atoms with Crippen molar-refractivity contribution in [3.63, 3.8) is 0 Å². The van der Waals surface area contributed by atoms with Gasteiger partial charge < -0.3 is 5.73 Å². The van der Waals surface area contributed by atoms with Crippen LogP contribution in [-0.4, -0.2) is 49.8 Å². The van der Waals surface area contributed by atoms with Crippen molar-refractivity contribution in [2.24, 2.45) is 11.7 Å². The lowest BCUT2D eigenvalue weighted by molar-refractivity contribution is 0.357. The second kappa shape index (κ2) is 4.78. The van der Waals surface area contributed by atoms with E-state index in [1.54, 1.807) is 11.4 Å². The van der Waals surface area contributed by atoms with Gasteiger partial charge in [0.15, 0.2) is 0 Å². The highest BCUT2D eigenvalue weighted by atomic mass is 32.2. The summed E-state index contributed by atoms with van der Waals surface area (Å²) in [6, 6.07) is 0.0672. The van der Waals surface area contributed by atoms with Crippen LogP contribution in [0.25, 0.3) is 0 Å². The molecule has 0 radical (unpaired) electrons. The molecule has 6 heteroatoms. The Morgan fingerprint density at radius 1 is 1.53 bits per heavy atom. The molecule has 0 aromatic carbocycles. The molecule has 0 saturated carbocycles. The Balaban J connectivity index is 2.81. The first-order chi connectivity index (χ1) is 6.93. The maximum absolute atomic E-state index is 12.0. The monoisotopic (exact) mass is 235 g/mol. The smallest absolute Gasteiger partial charge is 0.281 e. The summed E-state index contributed by atoms with van der Waals surface area (Å²) in [7, 11) is -1.66. The zero-order chi connectivity index (χ0) is 11.6. The highest BCUT2D eigenvalue weighted by Crippen LogP contribution is 2.26. The van der Waals surface area contributed by atoms with Crippen molar-refractivity contribution in [3.05, 3.63) is 0 Å². The summed E-state index contributed by atoms with van der Waals surface area (Å²) in [5.41, 5.74) is 5.58. The highest BCUT2D eigenvalue weighted by molar-refractivity contribution is 7.86. The van der Waals surface area contributed by atoms with Gasteiger partial charge in [-0.1, -0.05) is 6.92 Å². The van der Waals surface area contributed by atoms with Crippen LogP contribution in [0.1, 0.15) is 20.3 Å². The molecule has 0 bridgehead atoms. The summed E-state index contributed by atoms with van der Waals surface area (Å²) in [4.78, 5) is 0. The molecule has 1 heterocycles. The Kier molecular flexibility index (Phi) is 4.11. The first-order valence-corrected chi connectivity index (χ1v) is 6.76. The molecule has 5 nitrogen and oxygen atoms in total. The maximum Gasteiger partial charge on any atom is 0.281 e. The minimum atomic E-state index is -3.27. The third-order valence-corrected chi connectivity index (χ3v) is 5.22. The topological polar surface area (TPSA) is 66.6 Å². The Morgan fingerprint density at radius 2 is 2.13 bits per heavy atom. The van der Waals surface area contributed by atoms with E-state index in [0.29, 0.717) is 25.6 Å². The number of nitrogens with two attached hydrogens (primary N) is 1. The molecular weight excluding hydrogens is 214 g/mol. The summed E-state index contributed by atoms with van der Waals surface area (Å²) < 4.78 is 27.0. The standard InChI is InChI=1S/C9H21N3O2S/c1-4-11(3)15(13,14)12-7-9(6-10)5-8(12)2/h8-9H,4-7,10H2,1-3H3. The predicted molar refractivity (Wildman–Crippen MR) is 60.6 cm³/mol. The van der Waals surface area contributed by atoms with Crippen molar-refractivity contribution in [2.45, 2.75) is 26.3 Å². The molecule has 2 atom stereocenters. The fourth-order valence-electron chi connectivity index (χ4n) is 1.94. The summed E-state index contributed by atoms with van der Waals surface area (Å²) in [5.74, 6) is 0.306. The van der Waals surface area contributed by atoms with Gasteiger partial charge in [0.05, 0.1) is 0 Å². The molecule has 1 aliphatic rings. The molecule has 0 aliphatic carbocycles. The Labute approximate surface area is 92.4 Å². The molecule has 15 heavy (non-hydrogen) atoms. The molecule has 1 aliphatic heterocycles. The van der Waals surface area contributed by atoms with Crippen LogP contribution >= 0.6 is 0 Å². The average molecular weight is 235 g/mol. The zero-order valence-corrected chi connectivity index (χ0v) is 10.5. The van der Waals surface area contributed by atoms with Crippen molar-refractivity contribution in [2.75, 3.05) is 26.7 Å². The van der Waals surface area contributed by atoms with Gasteiger partial charge in [-0.25, -0.2) is 0 Å². The lowest BCUT2D eigenvalue weighted by Crippen LogP contribution is -2.43. The van der Waals surface area contributed by atoms with E-state index >= 15 is 0 Å². The van der Waals surface area contributed by atoms with Crippen LogP contribution in [0.15, 0.2) is 0 Å². The van der Waals surface area contributed by atoms with E-state index < -0.39 is 10.2 Å². The van der Waals surface area contributed by atoms with Gasteiger partial charge in [-0.3, -0.25) is 0 Å². The average Bonchev–Trinajstić information content (AvgIpc) is 2.58. The summed E-state index contributed by atoms with van der Waals surface area (Å²) >= 11 is 0. The van der Waals surface area contributed by atoms with Gasteiger partial charge in [-0.2, -0.15) is 17.0 Å². The van der Waals surface area contributed by atoms with E-state index in [1.807, 2.05) is 13.8 Å². The molecule has 2 unspecified atom stereocenters. The second-order valence-electron chi connectivity index (χ2n) is 4.18. The van der Waals surface area contributed by atoms with Crippen molar-refractivity contribution >= 4 is 10.2 Å². The van der Waals surface area contributed by atoms with Crippen LogP contribution in [0.4, 0.5) is 0 Å². The molecule has 1 saturated heterocycles. The van der Waals surface area contributed by atoms with Gasteiger partial charge >= 0.3 is 0 Å². The normalized spacial score (nSPS) is 28.9. The molecular formula is C9H21N3O2S. The number of hydrogen-bond donors (Lipinski definition) is 1. The third kappa shape index (κ3) is 2.50. The number of nitrogens with zero attached hydrogens (tertiary/aromatic N) is 2. The van der Waals surface area contributed by atoms with E-state index in [1.165, 1.54) is 4.31 Å². The van der Waals surface area contributed by atoms with Crippen LogP contribution in [0.3, 0.4) is 0 Å². The van der Waals surface area contributed by atoms with E-state index in [4.69, 9.17) is 5.73 Å². The van der Waals surface area contributed by atoms with Crippen LogP contribution in [0, 0.1) is 5.92 Å². The van der Waals surface area contributed by atoms with E-state index in [2.05, 4.69) is 0 Å². The Bertz CT molecular complexity index is 304. The van der Waals surface area contributed by atoms with Crippen molar-refractivity contribution in [1.82, 2.24) is 8.61 Å². The van der Waals surface area contributed by atoms with Crippen LogP contribution < -0.4 is 5.73 Å². The van der Waals surface area contributed by atoms with Crippen LogP contribution in [0.2, 0.25) is 0 Å². The molecule has 1 fully saturated rings. The molecule has 2 N–H and O–H groups in total. The van der Waals surface area contributed by atoms with Crippen LogP contribution in [0.5, 0.6) is 0 Å². The fraction of sp³-hybridized carbons (Fsp3) is 1.00. The van der Waals surface area contributed by atoms with E-state index in [-0.39, 0.29) is 6.04 Å². The Morgan fingerprint density at radius 3 is 2.53 bits per heavy atom. The maximum atomic E-state index is 12.0. The molecule has 0 spiro atoms. The van der Waals surface area contributed by atoms with Crippen LogP contribution in [-0.2, 0) is 10.2 Å². The number of rotatable bonds is 4. The third-order valence-electron chi connectivity index (χ3n) is 3.07. The first kappa shape index (κ1) is 12.9. The van der Waals surface area contributed by atoms with Gasteiger partial charge in [0.25, 0.3) is 10.2 Å². The zero-order valence-electron chi connectivity index (χ0n) is 9.68. The molecule has 90 valence electrons. The minimum absolute atomic E-state index is 0.0672. The van der Waals surface area contributed by atoms with Gasteiger partial charge in [-0.15, -0.1) is 0 Å². The first-order valence-electron chi connectivity index (χ1n) is 5.36. The summed E-state index contributed by atoms with van der Waals surface area (Å²) in [6.07, 6.45) is 0.868. The summed E-state index contributed by atoms with van der Waals surface area (Å²) in [6.45, 7) is 5.39. The van der Waals surface area contributed by atoms with Gasteiger partial charge in [0.1, 0.15) is 0 Å². The molecule has 0 amide bonds. The van der Waals surface area contributed by atoms with Gasteiger partial charge in [-0.05, 0) is 25.8 Å². The minimum Gasteiger partial charge on any atom is -0.330 e. The van der Waals surface area contributed by atoms with Crippen molar-refractivity contribution < 1.29 is 8.42 Å². The predicted octanol–water partition coefficient (Wildman–Crippen LogP) is -0.148. The second-order valence-corrected chi connectivity index (χ2v) is 6.17. The van der Waals surface area contributed by atoms with Crippen molar-refractivity contribution in [3.8, 4) is 0 Å². The van der Waals surface area contributed by atoms with E-state index in [9.17, 15) is 8.42 Å². The largest absolute Gasteiger partial charge is 0.330 e. The SMILES string of the molecule is CCN(C)S(=O)(=O)N1CC(CN)CC1C. The van der Waals surface area contributed by atoms with Gasteiger partial charge in [0, 0.05) is 26.2 Å². The lowest BCUT2D eigenvalue weighted by atomic mass is 10.1. The molecule has 0 aromatic rings. The molecule has 0 aromatic heterocycles. The highest BCUT2D eigenvalue weighted by Gasteiger charge is 2.37. The fourth-order valence-corrected chi connectivity index (χ4v) is 3.57. The lowest BCUT2D eigenvalue weighted by Gasteiger charge is -2.26. The number of hydrogen-bond acceptors (Lipinski definition) is 3. The Hall–Kier alpha value is -0.170. The van der Waals surface area contributed by atoms with Crippen molar-refractivity contribution in [1.29, 1.82) is 0 Å². The van der Waals surface area contributed by atoms with Gasteiger partial charge in [0.2, 0.25) is 0 Å². The summed E-state index contributed by atoms with van der Waals surface area (Å²) in [5, 5.41) is 0. The quantitative estimate of drug-likeness (QED) is 0.737. The van der Waals surface area contributed by atoms with E-state index in [0.717, 1.165) is 6.42 Å². The molecule has 1 rings (SSSR count).